The van der Waals surface area contributed by atoms with E-state index in [4.69, 9.17) is 11.6 Å². The minimum Gasteiger partial charge on any atom is -0.390 e. The third-order valence-corrected chi connectivity index (χ3v) is 2.68. The number of nitrogens with zero attached hydrogens (tertiary/aromatic N) is 1. The summed E-state index contributed by atoms with van der Waals surface area (Å²) in [6.45, 7) is 5.40. The minimum absolute atomic E-state index is 0.595. The van der Waals surface area contributed by atoms with Crippen LogP contribution < -0.4 is 0 Å². The van der Waals surface area contributed by atoms with Crippen LogP contribution in [0.2, 0.25) is 5.02 Å². The molecule has 3 heteroatoms. The van der Waals surface area contributed by atoms with Gasteiger partial charge in [-0.05, 0) is 45.0 Å². The van der Waals surface area contributed by atoms with E-state index in [2.05, 4.69) is 11.0 Å². The van der Waals surface area contributed by atoms with Gasteiger partial charge in [0.15, 0.2) is 0 Å². The van der Waals surface area contributed by atoms with E-state index in [1.54, 1.807) is 0 Å². The van der Waals surface area contributed by atoms with E-state index in [1.807, 2.05) is 39.1 Å². The Hall–Kier alpha value is -0.570. The van der Waals surface area contributed by atoms with Crippen LogP contribution in [0.25, 0.3) is 0 Å². The van der Waals surface area contributed by atoms with E-state index >= 15 is 0 Å². The number of rotatable bonds is 5. The minimum atomic E-state index is -0.595. The Kier molecular flexibility index (Phi) is 4.78. The van der Waals surface area contributed by atoms with Crippen molar-refractivity contribution < 1.29 is 5.11 Å². The van der Waals surface area contributed by atoms with Crippen molar-refractivity contribution in [3.63, 3.8) is 0 Å². The quantitative estimate of drug-likeness (QED) is 0.857. The lowest BCUT2D eigenvalue weighted by atomic mass is 10.1. The Labute approximate surface area is 103 Å². The number of hydrogen-bond acceptors (Lipinski definition) is 2. The van der Waals surface area contributed by atoms with Crippen molar-refractivity contribution in [1.29, 1.82) is 0 Å². The SMILES string of the molecule is CN(CCC(C)(C)O)Cc1cccc(Cl)c1. The summed E-state index contributed by atoms with van der Waals surface area (Å²) in [5.41, 5.74) is 0.605. The highest BCUT2D eigenvalue weighted by atomic mass is 35.5. The summed E-state index contributed by atoms with van der Waals surface area (Å²) in [7, 11) is 2.05. The molecule has 0 saturated heterocycles. The van der Waals surface area contributed by atoms with Crippen LogP contribution in [0.5, 0.6) is 0 Å². The number of hydrogen-bond donors (Lipinski definition) is 1. The van der Waals surface area contributed by atoms with Crippen molar-refractivity contribution in [3.8, 4) is 0 Å². The van der Waals surface area contributed by atoms with Crippen LogP contribution in [0, 0.1) is 0 Å². The lowest BCUT2D eigenvalue weighted by Gasteiger charge is -2.22. The van der Waals surface area contributed by atoms with Gasteiger partial charge in [-0.3, -0.25) is 0 Å². The Balaban J connectivity index is 2.43. The predicted molar refractivity (Wildman–Crippen MR) is 68.7 cm³/mol. The zero-order chi connectivity index (χ0) is 12.2. The molecule has 2 nitrogen and oxygen atoms in total. The highest BCUT2D eigenvalue weighted by Gasteiger charge is 2.13. The summed E-state index contributed by atoms with van der Waals surface area (Å²) in [5, 5.41) is 10.4. The maximum atomic E-state index is 9.63. The number of benzene rings is 1. The van der Waals surface area contributed by atoms with Gasteiger partial charge in [0, 0.05) is 18.1 Å². The zero-order valence-electron chi connectivity index (χ0n) is 10.2. The van der Waals surface area contributed by atoms with E-state index in [9.17, 15) is 5.11 Å². The van der Waals surface area contributed by atoms with E-state index in [0.717, 1.165) is 24.5 Å². The van der Waals surface area contributed by atoms with Crippen molar-refractivity contribution in [2.24, 2.45) is 0 Å². The first kappa shape index (κ1) is 13.5. The average Bonchev–Trinajstić information content (AvgIpc) is 2.14. The molecular formula is C13H20ClNO. The van der Waals surface area contributed by atoms with Crippen LogP contribution >= 0.6 is 11.6 Å². The van der Waals surface area contributed by atoms with Crippen molar-refractivity contribution in [2.45, 2.75) is 32.4 Å². The van der Waals surface area contributed by atoms with Gasteiger partial charge in [-0.25, -0.2) is 0 Å². The topological polar surface area (TPSA) is 23.5 Å². The summed E-state index contributed by atoms with van der Waals surface area (Å²) in [6, 6.07) is 7.87. The monoisotopic (exact) mass is 241 g/mol. The summed E-state index contributed by atoms with van der Waals surface area (Å²) in [5.74, 6) is 0. The molecule has 0 aliphatic carbocycles. The lowest BCUT2D eigenvalue weighted by Crippen LogP contribution is -2.28. The third kappa shape index (κ3) is 5.50. The fourth-order valence-corrected chi connectivity index (χ4v) is 1.70. The molecule has 0 atom stereocenters. The summed E-state index contributed by atoms with van der Waals surface area (Å²) < 4.78 is 0. The highest BCUT2D eigenvalue weighted by molar-refractivity contribution is 6.30. The second kappa shape index (κ2) is 5.67. The molecule has 16 heavy (non-hydrogen) atoms. The number of aliphatic hydroxyl groups is 1. The first-order valence-corrected chi connectivity index (χ1v) is 5.90. The fraction of sp³-hybridized carbons (Fsp3) is 0.538. The predicted octanol–water partition coefficient (Wildman–Crippen LogP) is 2.93. The van der Waals surface area contributed by atoms with Crippen LogP contribution in [-0.4, -0.2) is 29.2 Å². The number of halogens is 1. The standard InChI is InChI=1S/C13H20ClNO/c1-13(2,16)7-8-15(3)10-11-5-4-6-12(14)9-11/h4-6,9,16H,7-8,10H2,1-3H3. The zero-order valence-corrected chi connectivity index (χ0v) is 11.0. The van der Waals surface area contributed by atoms with Gasteiger partial charge in [-0.2, -0.15) is 0 Å². The molecule has 0 saturated carbocycles. The molecule has 1 N–H and O–H groups in total. The van der Waals surface area contributed by atoms with Gasteiger partial charge in [0.25, 0.3) is 0 Å². The molecule has 0 radical (unpaired) electrons. The van der Waals surface area contributed by atoms with Crippen molar-refractivity contribution in [2.75, 3.05) is 13.6 Å². The Bertz CT molecular complexity index is 333. The van der Waals surface area contributed by atoms with Crippen molar-refractivity contribution in [1.82, 2.24) is 4.90 Å². The van der Waals surface area contributed by atoms with Gasteiger partial charge < -0.3 is 10.0 Å². The maximum absolute atomic E-state index is 9.63. The van der Waals surface area contributed by atoms with E-state index in [0.29, 0.717) is 0 Å². The third-order valence-electron chi connectivity index (χ3n) is 2.45. The molecule has 0 heterocycles. The van der Waals surface area contributed by atoms with E-state index < -0.39 is 5.60 Å². The van der Waals surface area contributed by atoms with Crippen LogP contribution in [-0.2, 0) is 6.54 Å². The molecular weight excluding hydrogens is 222 g/mol. The van der Waals surface area contributed by atoms with Crippen molar-refractivity contribution in [3.05, 3.63) is 34.9 Å². The van der Waals surface area contributed by atoms with Gasteiger partial charge in [0.2, 0.25) is 0 Å². The average molecular weight is 242 g/mol. The Morgan fingerprint density at radius 3 is 2.62 bits per heavy atom. The maximum Gasteiger partial charge on any atom is 0.0603 e. The molecule has 0 amide bonds. The van der Waals surface area contributed by atoms with Crippen molar-refractivity contribution >= 4 is 11.6 Å². The molecule has 0 spiro atoms. The van der Waals surface area contributed by atoms with Crippen LogP contribution in [0.3, 0.4) is 0 Å². The summed E-state index contributed by atoms with van der Waals surface area (Å²) >= 11 is 5.92. The molecule has 90 valence electrons. The van der Waals surface area contributed by atoms with Crippen LogP contribution in [0.4, 0.5) is 0 Å². The highest BCUT2D eigenvalue weighted by Crippen LogP contribution is 2.13. The molecule has 1 aromatic carbocycles. The van der Waals surface area contributed by atoms with Gasteiger partial charge in [-0.15, -0.1) is 0 Å². The lowest BCUT2D eigenvalue weighted by molar-refractivity contribution is 0.0599. The summed E-state index contributed by atoms with van der Waals surface area (Å²) in [6.07, 6.45) is 0.768. The summed E-state index contributed by atoms with van der Waals surface area (Å²) in [4.78, 5) is 2.18. The molecule has 0 unspecified atom stereocenters. The molecule has 0 aliphatic heterocycles. The second-order valence-electron chi connectivity index (χ2n) is 4.93. The first-order valence-electron chi connectivity index (χ1n) is 5.52. The molecule has 0 bridgehead atoms. The molecule has 1 rings (SSSR count). The largest absolute Gasteiger partial charge is 0.390 e. The van der Waals surface area contributed by atoms with Gasteiger partial charge in [0.05, 0.1) is 5.60 Å². The van der Waals surface area contributed by atoms with Gasteiger partial charge in [0.1, 0.15) is 0 Å². The van der Waals surface area contributed by atoms with Crippen LogP contribution in [0.1, 0.15) is 25.8 Å². The Morgan fingerprint density at radius 1 is 1.38 bits per heavy atom. The molecule has 0 fully saturated rings. The Morgan fingerprint density at radius 2 is 2.06 bits per heavy atom. The second-order valence-corrected chi connectivity index (χ2v) is 5.37. The molecule has 0 aliphatic rings. The van der Waals surface area contributed by atoms with Gasteiger partial charge in [-0.1, -0.05) is 23.7 Å². The smallest absolute Gasteiger partial charge is 0.0603 e. The van der Waals surface area contributed by atoms with Gasteiger partial charge >= 0.3 is 0 Å². The van der Waals surface area contributed by atoms with E-state index in [1.165, 1.54) is 5.56 Å². The van der Waals surface area contributed by atoms with Crippen LogP contribution in [0.15, 0.2) is 24.3 Å². The first-order chi connectivity index (χ1) is 7.37. The molecule has 1 aromatic rings. The van der Waals surface area contributed by atoms with E-state index in [-0.39, 0.29) is 0 Å². The normalized spacial score (nSPS) is 12.1. The fourth-order valence-electron chi connectivity index (χ4n) is 1.49. The molecule has 0 aromatic heterocycles.